The van der Waals surface area contributed by atoms with E-state index in [1.807, 2.05) is 11.6 Å². The van der Waals surface area contributed by atoms with E-state index in [0.717, 1.165) is 30.8 Å². The number of hydrogen-bond donors (Lipinski definition) is 2. The van der Waals surface area contributed by atoms with E-state index in [-0.39, 0.29) is 6.10 Å². The summed E-state index contributed by atoms with van der Waals surface area (Å²) in [5.74, 6) is 0. The number of thiazole rings is 1. The molecule has 0 bridgehead atoms. The third kappa shape index (κ3) is 2.77. The monoisotopic (exact) mass is 212 g/mol. The molecule has 1 aromatic rings. The van der Waals surface area contributed by atoms with Gasteiger partial charge in [0.25, 0.3) is 0 Å². The Morgan fingerprint density at radius 2 is 2.50 bits per heavy atom. The Bertz CT molecular complexity index is 263. The van der Waals surface area contributed by atoms with Crippen LogP contribution < -0.4 is 5.32 Å². The van der Waals surface area contributed by atoms with Gasteiger partial charge in [0.1, 0.15) is 5.01 Å². The quantitative estimate of drug-likeness (QED) is 0.799. The van der Waals surface area contributed by atoms with Gasteiger partial charge in [0.2, 0.25) is 0 Å². The first-order valence-electron chi connectivity index (χ1n) is 5.14. The first-order valence-corrected chi connectivity index (χ1v) is 6.02. The molecular formula is C10H16N2OS. The maximum atomic E-state index is 9.48. The van der Waals surface area contributed by atoms with Gasteiger partial charge in [-0.25, -0.2) is 4.98 Å². The Labute approximate surface area is 88.2 Å². The van der Waals surface area contributed by atoms with Crippen molar-refractivity contribution in [2.24, 2.45) is 0 Å². The zero-order valence-corrected chi connectivity index (χ0v) is 8.96. The number of aliphatic hydroxyl groups excluding tert-OH is 1. The molecule has 1 fully saturated rings. The number of nitrogens with one attached hydrogen (secondary N) is 1. The Kier molecular flexibility index (Phi) is 3.50. The van der Waals surface area contributed by atoms with E-state index in [0.29, 0.717) is 6.04 Å². The molecule has 0 aromatic carbocycles. The molecule has 0 amide bonds. The SMILES string of the molecule is OC1CCCC(NCc2nccs2)C1. The molecule has 2 rings (SSSR count). The minimum absolute atomic E-state index is 0.0995. The van der Waals surface area contributed by atoms with Crippen LogP contribution in [0, 0.1) is 0 Å². The van der Waals surface area contributed by atoms with E-state index < -0.39 is 0 Å². The number of rotatable bonds is 3. The smallest absolute Gasteiger partial charge is 0.106 e. The highest BCUT2D eigenvalue weighted by Crippen LogP contribution is 2.18. The molecule has 0 spiro atoms. The summed E-state index contributed by atoms with van der Waals surface area (Å²) >= 11 is 1.68. The van der Waals surface area contributed by atoms with Crippen LogP contribution in [0.2, 0.25) is 0 Å². The summed E-state index contributed by atoms with van der Waals surface area (Å²) in [6.45, 7) is 0.842. The largest absolute Gasteiger partial charge is 0.393 e. The molecule has 1 aliphatic rings. The van der Waals surface area contributed by atoms with Gasteiger partial charge in [-0.15, -0.1) is 11.3 Å². The summed E-state index contributed by atoms with van der Waals surface area (Å²) in [6.07, 6.45) is 5.91. The van der Waals surface area contributed by atoms with Crippen LogP contribution in [0.3, 0.4) is 0 Å². The van der Waals surface area contributed by atoms with Gasteiger partial charge >= 0.3 is 0 Å². The fourth-order valence-corrected chi connectivity index (χ4v) is 2.49. The zero-order chi connectivity index (χ0) is 9.80. The normalized spacial score (nSPS) is 27.8. The van der Waals surface area contributed by atoms with Crippen molar-refractivity contribution in [2.45, 2.75) is 44.4 Å². The molecule has 0 saturated heterocycles. The fraction of sp³-hybridized carbons (Fsp3) is 0.700. The predicted octanol–water partition coefficient (Wildman–Crippen LogP) is 1.54. The lowest BCUT2D eigenvalue weighted by Gasteiger charge is -2.26. The second-order valence-corrected chi connectivity index (χ2v) is 4.80. The molecule has 3 nitrogen and oxygen atoms in total. The van der Waals surface area contributed by atoms with Crippen LogP contribution in [0.4, 0.5) is 0 Å². The van der Waals surface area contributed by atoms with Crippen LogP contribution in [-0.4, -0.2) is 22.2 Å². The molecule has 0 aliphatic heterocycles. The summed E-state index contributed by atoms with van der Waals surface area (Å²) in [5.41, 5.74) is 0. The van der Waals surface area contributed by atoms with Crippen LogP contribution in [0.1, 0.15) is 30.7 Å². The lowest BCUT2D eigenvalue weighted by molar-refractivity contribution is 0.111. The van der Waals surface area contributed by atoms with E-state index in [9.17, 15) is 5.11 Å². The summed E-state index contributed by atoms with van der Waals surface area (Å²) < 4.78 is 0. The summed E-state index contributed by atoms with van der Waals surface area (Å²) in [7, 11) is 0. The Balaban J connectivity index is 1.75. The number of nitrogens with zero attached hydrogens (tertiary/aromatic N) is 1. The number of aromatic nitrogens is 1. The van der Waals surface area contributed by atoms with Crippen molar-refractivity contribution in [3.63, 3.8) is 0 Å². The molecule has 4 heteroatoms. The molecule has 1 aliphatic carbocycles. The van der Waals surface area contributed by atoms with Gasteiger partial charge in [-0.05, 0) is 25.7 Å². The van der Waals surface area contributed by atoms with Crippen molar-refractivity contribution >= 4 is 11.3 Å². The summed E-state index contributed by atoms with van der Waals surface area (Å²) in [5, 5.41) is 16.0. The maximum absolute atomic E-state index is 9.48. The molecule has 0 radical (unpaired) electrons. The average Bonchev–Trinajstić information content (AvgIpc) is 2.67. The Hall–Kier alpha value is -0.450. The second kappa shape index (κ2) is 4.87. The van der Waals surface area contributed by atoms with Crippen molar-refractivity contribution in [1.29, 1.82) is 0 Å². The summed E-state index contributed by atoms with van der Waals surface area (Å²) in [6, 6.07) is 0.475. The number of aliphatic hydroxyl groups is 1. The highest BCUT2D eigenvalue weighted by Gasteiger charge is 2.19. The first kappa shape index (κ1) is 10.1. The van der Waals surface area contributed by atoms with Crippen LogP contribution in [0.5, 0.6) is 0 Å². The van der Waals surface area contributed by atoms with Gasteiger partial charge in [-0.3, -0.25) is 0 Å². The van der Waals surface area contributed by atoms with Gasteiger partial charge in [0, 0.05) is 24.2 Å². The Morgan fingerprint density at radius 1 is 1.57 bits per heavy atom. The highest BCUT2D eigenvalue weighted by molar-refractivity contribution is 7.09. The van der Waals surface area contributed by atoms with Gasteiger partial charge in [0.05, 0.1) is 6.10 Å². The van der Waals surface area contributed by atoms with Gasteiger partial charge < -0.3 is 10.4 Å². The summed E-state index contributed by atoms with van der Waals surface area (Å²) in [4.78, 5) is 4.21. The van der Waals surface area contributed by atoms with Crippen LogP contribution in [0.15, 0.2) is 11.6 Å². The molecule has 78 valence electrons. The lowest BCUT2D eigenvalue weighted by atomic mass is 9.93. The van der Waals surface area contributed by atoms with Crippen LogP contribution in [-0.2, 0) is 6.54 Å². The molecule has 2 N–H and O–H groups in total. The standard InChI is InChI=1S/C10H16N2OS/c13-9-3-1-2-8(6-9)12-7-10-11-4-5-14-10/h4-5,8-9,12-13H,1-3,6-7H2. The van der Waals surface area contributed by atoms with Gasteiger partial charge in [-0.2, -0.15) is 0 Å². The second-order valence-electron chi connectivity index (χ2n) is 3.82. The van der Waals surface area contributed by atoms with Crippen molar-refractivity contribution < 1.29 is 5.11 Å². The van der Waals surface area contributed by atoms with Crippen molar-refractivity contribution in [3.05, 3.63) is 16.6 Å². The number of hydrogen-bond acceptors (Lipinski definition) is 4. The van der Waals surface area contributed by atoms with E-state index >= 15 is 0 Å². The van der Waals surface area contributed by atoms with Crippen LogP contribution >= 0.6 is 11.3 Å². The fourth-order valence-electron chi connectivity index (χ4n) is 1.92. The highest BCUT2D eigenvalue weighted by atomic mass is 32.1. The van der Waals surface area contributed by atoms with Crippen molar-refractivity contribution in [3.8, 4) is 0 Å². The van der Waals surface area contributed by atoms with Crippen molar-refractivity contribution in [1.82, 2.24) is 10.3 Å². The maximum Gasteiger partial charge on any atom is 0.106 e. The topological polar surface area (TPSA) is 45.1 Å². The third-order valence-corrected chi connectivity index (χ3v) is 3.45. The first-order chi connectivity index (χ1) is 6.84. The van der Waals surface area contributed by atoms with E-state index in [1.165, 1.54) is 6.42 Å². The van der Waals surface area contributed by atoms with E-state index in [4.69, 9.17) is 0 Å². The molecule has 14 heavy (non-hydrogen) atoms. The van der Waals surface area contributed by atoms with Crippen LogP contribution in [0.25, 0.3) is 0 Å². The molecule has 2 atom stereocenters. The third-order valence-electron chi connectivity index (χ3n) is 2.67. The van der Waals surface area contributed by atoms with Gasteiger partial charge in [-0.1, -0.05) is 0 Å². The molecule has 2 unspecified atom stereocenters. The lowest BCUT2D eigenvalue weighted by Crippen LogP contribution is -2.35. The molecule has 1 aromatic heterocycles. The minimum Gasteiger partial charge on any atom is -0.393 e. The molecular weight excluding hydrogens is 196 g/mol. The zero-order valence-electron chi connectivity index (χ0n) is 8.15. The minimum atomic E-state index is -0.0995. The molecule has 1 heterocycles. The van der Waals surface area contributed by atoms with E-state index in [2.05, 4.69) is 10.3 Å². The predicted molar refractivity (Wildman–Crippen MR) is 57.2 cm³/mol. The average molecular weight is 212 g/mol. The van der Waals surface area contributed by atoms with Gasteiger partial charge in [0.15, 0.2) is 0 Å². The molecule has 1 saturated carbocycles. The van der Waals surface area contributed by atoms with Crippen molar-refractivity contribution in [2.75, 3.05) is 0 Å². The van der Waals surface area contributed by atoms with E-state index in [1.54, 1.807) is 11.3 Å². The Morgan fingerprint density at radius 3 is 3.21 bits per heavy atom.